The van der Waals surface area contributed by atoms with Gasteiger partial charge >= 0.3 is 0 Å². The molecule has 5 nitrogen and oxygen atoms in total. The lowest BCUT2D eigenvalue weighted by atomic mass is 9.99. The SMILES string of the molecule is Cc1ccc(Nc2nc(C)cc(C(=O)N3CCC(C)CC3)n2)cc1. The van der Waals surface area contributed by atoms with E-state index in [1.807, 2.05) is 43.0 Å². The third-order valence-corrected chi connectivity index (χ3v) is 4.45. The second-order valence-electron chi connectivity index (χ2n) is 6.68. The molecule has 0 atom stereocenters. The summed E-state index contributed by atoms with van der Waals surface area (Å²) >= 11 is 0. The second kappa shape index (κ2) is 6.99. The lowest BCUT2D eigenvalue weighted by Crippen LogP contribution is -2.38. The van der Waals surface area contributed by atoms with E-state index >= 15 is 0 Å². The Labute approximate surface area is 143 Å². The minimum atomic E-state index is -0.000596. The normalized spacial score (nSPS) is 15.4. The van der Waals surface area contributed by atoms with Crippen LogP contribution in [0.3, 0.4) is 0 Å². The van der Waals surface area contributed by atoms with Gasteiger partial charge in [-0.05, 0) is 50.8 Å². The summed E-state index contributed by atoms with van der Waals surface area (Å²) < 4.78 is 0. The Morgan fingerprint density at radius 1 is 1.12 bits per heavy atom. The van der Waals surface area contributed by atoms with E-state index in [1.165, 1.54) is 5.56 Å². The van der Waals surface area contributed by atoms with Crippen LogP contribution < -0.4 is 5.32 Å². The van der Waals surface area contributed by atoms with E-state index < -0.39 is 0 Å². The maximum atomic E-state index is 12.7. The minimum absolute atomic E-state index is 0.000596. The molecule has 24 heavy (non-hydrogen) atoms. The second-order valence-corrected chi connectivity index (χ2v) is 6.68. The van der Waals surface area contributed by atoms with Crippen molar-refractivity contribution in [1.29, 1.82) is 0 Å². The summed E-state index contributed by atoms with van der Waals surface area (Å²) in [5.41, 5.74) is 3.36. The van der Waals surface area contributed by atoms with Gasteiger partial charge in [0, 0.05) is 24.5 Å². The molecule has 1 aliphatic rings. The first kappa shape index (κ1) is 16.4. The van der Waals surface area contributed by atoms with Crippen LogP contribution in [0.5, 0.6) is 0 Å². The fraction of sp³-hybridized carbons (Fsp3) is 0.421. The van der Waals surface area contributed by atoms with Crippen LogP contribution in [0.2, 0.25) is 0 Å². The summed E-state index contributed by atoms with van der Waals surface area (Å²) in [6.07, 6.45) is 2.12. The number of carbonyl (C=O) groups excluding carboxylic acids is 1. The zero-order chi connectivity index (χ0) is 17.1. The van der Waals surface area contributed by atoms with E-state index in [2.05, 4.69) is 22.2 Å². The van der Waals surface area contributed by atoms with Crippen LogP contribution in [-0.2, 0) is 0 Å². The van der Waals surface area contributed by atoms with Gasteiger partial charge in [0.05, 0.1) is 0 Å². The van der Waals surface area contributed by atoms with Gasteiger partial charge in [0.15, 0.2) is 0 Å². The van der Waals surface area contributed by atoms with Gasteiger partial charge in [-0.3, -0.25) is 4.79 Å². The highest BCUT2D eigenvalue weighted by molar-refractivity contribution is 5.92. The quantitative estimate of drug-likeness (QED) is 0.935. The largest absolute Gasteiger partial charge is 0.337 e. The van der Waals surface area contributed by atoms with Crippen molar-refractivity contribution in [3.8, 4) is 0 Å². The van der Waals surface area contributed by atoms with E-state index in [1.54, 1.807) is 6.07 Å². The van der Waals surface area contributed by atoms with E-state index in [-0.39, 0.29) is 5.91 Å². The van der Waals surface area contributed by atoms with Crippen molar-refractivity contribution in [2.24, 2.45) is 5.92 Å². The number of hydrogen-bond acceptors (Lipinski definition) is 4. The molecule has 0 saturated carbocycles. The Morgan fingerprint density at radius 2 is 1.79 bits per heavy atom. The number of nitrogens with one attached hydrogen (secondary N) is 1. The molecule has 0 radical (unpaired) electrons. The average Bonchev–Trinajstić information content (AvgIpc) is 2.56. The first-order valence-electron chi connectivity index (χ1n) is 8.50. The van der Waals surface area contributed by atoms with E-state index in [0.29, 0.717) is 17.6 Å². The Bertz CT molecular complexity index is 719. The van der Waals surface area contributed by atoms with Crippen molar-refractivity contribution in [2.75, 3.05) is 18.4 Å². The number of rotatable bonds is 3. The molecule has 0 spiro atoms. The van der Waals surface area contributed by atoms with E-state index in [9.17, 15) is 4.79 Å². The summed E-state index contributed by atoms with van der Waals surface area (Å²) in [6.45, 7) is 7.79. The topological polar surface area (TPSA) is 58.1 Å². The van der Waals surface area contributed by atoms with Gasteiger partial charge in [0.25, 0.3) is 5.91 Å². The molecule has 0 aliphatic carbocycles. The number of aromatic nitrogens is 2. The first-order valence-corrected chi connectivity index (χ1v) is 8.50. The summed E-state index contributed by atoms with van der Waals surface area (Å²) in [5, 5.41) is 3.18. The summed E-state index contributed by atoms with van der Waals surface area (Å²) in [4.78, 5) is 23.4. The molecular weight excluding hydrogens is 300 g/mol. The summed E-state index contributed by atoms with van der Waals surface area (Å²) in [6, 6.07) is 9.78. The van der Waals surface area contributed by atoms with Crippen molar-refractivity contribution < 1.29 is 4.79 Å². The number of carbonyl (C=O) groups is 1. The molecule has 3 rings (SSSR count). The van der Waals surface area contributed by atoms with E-state index in [0.717, 1.165) is 37.3 Å². The van der Waals surface area contributed by atoms with Crippen LogP contribution in [0, 0.1) is 19.8 Å². The molecule has 1 N–H and O–H groups in total. The first-order chi connectivity index (χ1) is 11.5. The predicted octanol–water partition coefficient (Wildman–Crippen LogP) is 3.71. The number of hydrogen-bond donors (Lipinski definition) is 1. The van der Waals surface area contributed by atoms with Crippen molar-refractivity contribution in [2.45, 2.75) is 33.6 Å². The number of likely N-dealkylation sites (tertiary alicyclic amines) is 1. The molecule has 1 saturated heterocycles. The van der Waals surface area contributed by atoms with E-state index in [4.69, 9.17) is 0 Å². The lowest BCUT2D eigenvalue weighted by Gasteiger charge is -2.30. The van der Waals surface area contributed by atoms with Crippen LogP contribution in [0.25, 0.3) is 0 Å². The molecule has 2 aromatic rings. The zero-order valence-electron chi connectivity index (χ0n) is 14.5. The zero-order valence-corrected chi connectivity index (χ0v) is 14.5. The molecule has 126 valence electrons. The molecule has 1 aromatic carbocycles. The molecule has 1 aliphatic heterocycles. The maximum Gasteiger partial charge on any atom is 0.272 e. The highest BCUT2D eigenvalue weighted by atomic mass is 16.2. The maximum absolute atomic E-state index is 12.7. The molecule has 0 bridgehead atoms. The van der Waals surface area contributed by atoms with Gasteiger partial charge < -0.3 is 10.2 Å². The van der Waals surface area contributed by atoms with Gasteiger partial charge in [0.2, 0.25) is 5.95 Å². The van der Waals surface area contributed by atoms with Gasteiger partial charge in [-0.1, -0.05) is 24.6 Å². The third-order valence-electron chi connectivity index (χ3n) is 4.45. The predicted molar refractivity (Wildman–Crippen MR) is 95.5 cm³/mol. The molecule has 1 fully saturated rings. The van der Waals surface area contributed by atoms with Crippen LogP contribution >= 0.6 is 0 Å². The third kappa shape index (κ3) is 3.91. The van der Waals surface area contributed by atoms with Crippen LogP contribution in [-0.4, -0.2) is 33.9 Å². The standard InChI is InChI=1S/C19H24N4O/c1-13-4-6-16(7-5-13)21-19-20-15(3)12-17(22-19)18(24)23-10-8-14(2)9-11-23/h4-7,12,14H,8-11H2,1-3H3,(H,20,21,22). The highest BCUT2D eigenvalue weighted by Crippen LogP contribution is 2.19. The molecule has 2 heterocycles. The fourth-order valence-electron chi connectivity index (χ4n) is 2.87. The molecule has 5 heteroatoms. The highest BCUT2D eigenvalue weighted by Gasteiger charge is 2.23. The number of piperidine rings is 1. The van der Waals surface area contributed by atoms with Crippen LogP contribution in [0.1, 0.15) is 41.5 Å². The molecule has 1 amide bonds. The van der Waals surface area contributed by atoms with Crippen molar-refractivity contribution in [3.63, 3.8) is 0 Å². The fourth-order valence-corrected chi connectivity index (χ4v) is 2.87. The number of nitrogens with zero attached hydrogens (tertiary/aromatic N) is 3. The van der Waals surface area contributed by atoms with Gasteiger partial charge in [-0.2, -0.15) is 0 Å². The Kier molecular flexibility index (Phi) is 4.79. The number of anilines is 2. The van der Waals surface area contributed by atoms with Gasteiger partial charge in [-0.15, -0.1) is 0 Å². The van der Waals surface area contributed by atoms with Crippen LogP contribution in [0.15, 0.2) is 30.3 Å². The van der Waals surface area contributed by atoms with Crippen molar-refractivity contribution in [3.05, 3.63) is 47.3 Å². The summed E-state index contributed by atoms with van der Waals surface area (Å²) in [5.74, 6) is 1.16. The Hall–Kier alpha value is -2.43. The molecule has 1 aromatic heterocycles. The number of benzene rings is 1. The number of aryl methyl sites for hydroxylation is 2. The molecule has 0 unspecified atom stereocenters. The minimum Gasteiger partial charge on any atom is -0.337 e. The lowest BCUT2D eigenvalue weighted by molar-refractivity contribution is 0.0691. The Morgan fingerprint density at radius 3 is 2.46 bits per heavy atom. The van der Waals surface area contributed by atoms with Gasteiger partial charge in [0.1, 0.15) is 5.69 Å². The monoisotopic (exact) mass is 324 g/mol. The number of amides is 1. The van der Waals surface area contributed by atoms with Crippen molar-refractivity contribution >= 4 is 17.5 Å². The van der Waals surface area contributed by atoms with Crippen LogP contribution in [0.4, 0.5) is 11.6 Å². The van der Waals surface area contributed by atoms with Crippen molar-refractivity contribution in [1.82, 2.24) is 14.9 Å². The summed E-state index contributed by atoms with van der Waals surface area (Å²) in [7, 11) is 0. The smallest absolute Gasteiger partial charge is 0.272 e. The van der Waals surface area contributed by atoms with Gasteiger partial charge in [-0.25, -0.2) is 9.97 Å². The molecular formula is C19H24N4O. The average molecular weight is 324 g/mol. The Balaban J connectivity index is 1.78.